The lowest BCUT2D eigenvalue weighted by molar-refractivity contribution is 1.18. The number of hydrogen-bond donors (Lipinski definition) is 0. The van der Waals surface area contributed by atoms with Crippen LogP contribution in [0.15, 0.2) is 231 Å². The van der Waals surface area contributed by atoms with E-state index >= 15 is 0 Å². The van der Waals surface area contributed by atoms with Gasteiger partial charge in [-0.15, -0.1) is 11.3 Å². The van der Waals surface area contributed by atoms with Crippen molar-refractivity contribution in [2.24, 2.45) is 0 Å². The van der Waals surface area contributed by atoms with Crippen molar-refractivity contribution in [3.63, 3.8) is 0 Å². The molecule has 2 nitrogen and oxygen atoms in total. The molecule has 3 heteroatoms. The van der Waals surface area contributed by atoms with Gasteiger partial charge in [-0.05, 0) is 82.2 Å². The third kappa shape index (κ3) is 5.85. The van der Waals surface area contributed by atoms with E-state index in [-0.39, 0.29) is 0 Å². The van der Waals surface area contributed by atoms with E-state index < -0.39 is 0 Å². The Labute approximate surface area is 358 Å². The highest BCUT2D eigenvalue weighted by Gasteiger charge is 2.21. The van der Waals surface area contributed by atoms with Gasteiger partial charge < -0.3 is 9.47 Å². The monoisotopic (exact) mass is 794 g/mol. The van der Waals surface area contributed by atoms with Gasteiger partial charge in [0.15, 0.2) is 0 Å². The van der Waals surface area contributed by atoms with E-state index in [0.717, 1.165) is 17.1 Å². The smallest absolute Gasteiger partial charge is 0.0541 e. The Morgan fingerprint density at radius 2 is 0.836 bits per heavy atom. The zero-order valence-electron chi connectivity index (χ0n) is 33.2. The lowest BCUT2D eigenvalue weighted by atomic mass is 9.96. The summed E-state index contributed by atoms with van der Waals surface area (Å²) in [6.07, 6.45) is 0. The SMILES string of the molecule is c1ccc(N(c2ccc(-c3ccc(-c4ccccc4-n4c5ccccc5c5ccccc54)cc3)cc2)c2cccc3ccccc23)c(-c2cccc3sc4ccccc4c23)c1. The number of fused-ring (bicyclic) bond motifs is 7. The molecule has 61 heavy (non-hydrogen) atoms. The molecule has 0 saturated heterocycles. The van der Waals surface area contributed by atoms with Crippen LogP contribution in [0.25, 0.3) is 91.8 Å². The minimum Gasteiger partial charge on any atom is -0.309 e. The average molecular weight is 795 g/mol. The van der Waals surface area contributed by atoms with E-state index in [2.05, 4.69) is 240 Å². The summed E-state index contributed by atoms with van der Waals surface area (Å²) < 4.78 is 5.02. The summed E-state index contributed by atoms with van der Waals surface area (Å²) in [5, 5.41) is 7.56. The fraction of sp³-hybridized carbons (Fsp3) is 0. The van der Waals surface area contributed by atoms with Crippen molar-refractivity contribution in [1.82, 2.24) is 4.57 Å². The van der Waals surface area contributed by atoms with Crippen molar-refractivity contribution < 1.29 is 0 Å². The fourth-order valence-electron chi connectivity index (χ4n) is 9.45. The maximum atomic E-state index is 2.45. The number of anilines is 3. The molecule has 2 aromatic heterocycles. The predicted octanol–water partition coefficient (Wildman–Crippen LogP) is 16.8. The van der Waals surface area contributed by atoms with E-state index in [1.54, 1.807) is 0 Å². The fourth-order valence-corrected chi connectivity index (χ4v) is 10.6. The Hall–Kier alpha value is -7.72. The molecule has 286 valence electrons. The van der Waals surface area contributed by atoms with Crippen LogP contribution >= 0.6 is 11.3 Å². The van der Waals surface area contributed by atoms with Crippen LogP contribution in [0.5, 0.6) is 0 Å². The molecular formula is C58H38N2S. The zero-order chi connectivity index (χ0) is 40.3. The molecule has 0 radical (unpaired) electrons. The first-order chi connectivity index (χ1) is 30.3. The van der Waals surface area contributed by atoms with Gasteiger partial charge in [-0.3, -0.25) is 0 Å². The number of hydrogen-bond acceptors (Lipinski definition) is 2. The van der Waals surface area contributed by atoms with Gasteiger partial charge in [0.25, 0.3) is 0 Å². The van der Waals surface area contributed by atoms with E-state index in [1.165, 1.54) is 91.8 Å². The maximum Gasteiger partial charge on any atom is 0.0541 e. The molecule has 12 aromatic rings. The molecule has 2 heterocycles. The van der Waals surface area contributed by atoms with E-state index in [4.69, 9.17) is 0 Å². The summed E-state index contributed by atoms with van der Waals surface area (Å²) in [6.45, 7) is 0. The summed E-state index contributed by atoms with van der Waals surface area (Å²) in [5.41, 5.74) is 14.2. The molecule has 0 fully saturated rings. The molecule has 0 aliphatic rings. The first-order valence-corrected chi connectivity index (χ1v) is 21.7. The molecule has 0 bridgehead atoms. The molecule has 0 spiro atoms. The van der Waals surface area contributed by atoms with Crippen LogP contribution in [-0.2, 0) is 0 Å². The first kappa shape index (κ1) is 35.2. The number of nitrogens with zero attached hydrogens (tertiary/aromatic N) is 2. The lowest BCUT2D eigenvalue weighted by Crippen LogP contribution is -2.11. The van der Waals surface area contributed by atoms with E-state index in [0.29, 0.717) is 0 Å². The molecule has 0 atom stereocenters. The van der Waals surface area contributed by atoms with Crippen LogP contribution in [0.4, 0.5) is 17.1 Å². The van der Waals surface area contributed by atoms with Crippen LogP contribution < -0.4 is 4.90 Å². The van der Waals surface area contributed by atoms with Crippen molar-refractivity contribution in [2.75, 3.05) is 4.90 Å². The lowest BCUT2D eigenvalue weighted by Gasteiger charge is -2.29. The minimum absolute atomic E-state index is 1.10. The van der Waals surface area contributed by atoms with Gasteiger partial charge >= 0.3 is 0 Å². The molecule has 0 N–H and O–H groups in total. The zero-order valence-corrected chi connectivity index (χ0v) is 34.1. The molecule has 0 unspecified atom stereocenters. The summed E-state index contributed by atoms with van der Waals surface area (Å²) in [5.74, 6) is 0. The van der Waals surface area contributed by atoms with Crippen molar-refractivity contribution >= 4 is 81.1 Å². The van der Waals surface area contributed by atoms with E-state index in [1.807, 2.05) is 11.3 Å². The quantitative estimate of drug-likeness (QED) is 0.156. The summed E-state index contributed by atoms with van der Waals surface area (Å²) in [6, 6.07) is 84.1. The maximum absolute atomic E-state index is 2.45. The minimum atomic E-state index is 1.10. The number of thiophene rings is 1. The molecule has 0 amide bonds. The van der Waals surface area contributed by atoms with Gasteiger partial charge in [0.2, 0.25) is 0 Å². The molecule has 0 aliphatic heterocycles. The highest BCUT2D eigenvalue weighted by atomic mass is 32.1. The summed E-state index contributed by atoms with van der Waals surface area (Å²) in [4.78, 5) is 2.45. The topological polar surface area (TPSA) is 8.17 Å². The Balaban J connectivity index is 0.954. The van der Waals surface area contributed by atoms with Gasteiger partial charge in [-0.1, -0.05) is 176 Å². The van der Waals surface area contributed by atoms with Gasteiger partial charge in [-0.25, -0.2) is 0 Å². The third-order valence-corrected chi connectivity index (χ3v) is 13.4. The summed E-state index contributed by atoms with van der Waals surface area (Å²) in [7, 11) is 0. The van der Waals surface area contributed by atoms with Crippen LogP contribution in [0.2, 0.25) is 0 Å². The highest BCUT2D eigenvalue weighted by molar-refractivity contribution is 7.25. The number of para-hydroxylation sites is 4. The van der Waals surface area contributed by atoms with Gasteiger partial charge in [0.1, 0.15) is 0 Å². The summed E-state index contributed by atoms with van der Waals surface area (Å²) >= 11 is 1.86. The second kappa shape index (κ2) is 14.5. The first-order valence-electron chi connectivity index (χ1n) is 20.8. The normalized spacial score (nSPS) is 11.6. The second-order valence-electron chi connectivity index (χ2n) is 15.6. The Kier molecular flexibility index (Phi) is 8.39. The van der Waals surface area contributed by atoms with Crippen LogP contribution in [0, 0.1) is 0 Å². The highest BCUT2D eigenvalue weighted by Crippen LogP contribution is 2.47. The molecule has 12 rings (SSSR count). The van der Waals surface area contributed by atoms with E-state index in [9.17, 15) is 0 Å². The van der Waals surface area contributed by atoms with Crippen molar-refractivity contribution in [1.29, 1.82) is 0 Å². The Morgan fingerprint density at radius 3 is 1.61 bits per heavy atom. The third-order valence-electron chi connectivity index (χ3n) is 12.2. The van der Waals surface area contributed by atoms with Gasteiger partial charge in [0, 0.05) is 53.1 Å². The Bertz CT molecular complexity index is 3530. The molecule has 10 aromatic carbocycles. The van der Waals surface area contributed by atoms with Crippen molar-refractivity contribution in [3.05, 3.63) is 231 Å². The number of aromatic nitrogens is 1. The van der Waals surface area contributed by atoms with Crippen molar-refractivity contribution in [3.8, 4) is 39.1 Å². The van der Waals surface area contributed by atoms with Gasteiger partial charge in [-0.2, -0.15) is 0 Å². The molecule has 0 saturated carbocycles. The van der Waals surface area contributed by atoms with Crippen LogP contribution in [-0.4, -0.2) is 4.57 Å². The van der Waals surface area contributed by atoms with Gasteiger partial charge in [0.05, 0.1) is 28.1 Å². The number of benzene rings is 10. The number of rotatable bonds is 7. The average Bonchev–Trinajstić information content (AvgIpc) is 3.88. The van der Waals surface area contributed by atoms with Crippen molar-refractivity contribution in [2.45, 2.75) is 0 Å². The molecular weight excluding hydrogens is 757 g/mol. The van der Waals surface area contributed by atoms with Crippen LogP contribution in [0.3, 0.4) is 0 Å². The Morgan fingerprint density at radius 1 is 0.328 bits per heavy atom. The van der Waals surface area contributed by atoms with Crippen LogP contribution in [0.1, 0.15) is 0 Å². The molecule has 0 aliphatic carbocycles. The largest absolute Gasteiger partial charge is 0.309 e. The second-order valence-corrected chi connectivity index (χ2v) is 16.7. The predicted molar refractivity (Wildman–Crippen MR) is 262 cm³/mol. The standard InChI is InChI=1S/C58H38N2S/c1-2-17-44-41(15-1)16-13-28-51(44)59(53-25-9-6-21-48(53)49-23-14-30-57-58(49)50-22-7-12-29-56(50)61-57)43-37-35-40(36-38-43)39-31-33-42(34-32-39)45-18-3-8-24-52(45)60-54-26-10-4-19-46(54)47-20-5-11-27-55(47)60/h1-38H.